The third kappa shape index (κ3) is 4.60. The summed E-state index contributed by atoms with van der Waals surface area (Å²) in [5.41, 5.74) is 8.18. The van der Waals surface area contributed by atoms with Crippen LogP contribution in [0.3, 0.4) is 0 Å². The lowest BCUT2D eigenvalue weighted by atomic mass is 9.93. The van der Waals surface area contributed by atoms with E-state index in [4.69, 9.17) is 8.94 Å². The van der Waals surface area contributed by atoms with Crippen molar-refractivity contribution in [2.75, 3.05) is 0 Å². The lowest BCUT2D eigenvalue weighted by molar-refractivity contribution is -0.120. The van der Waals surface area contributed by atoms with Crippen molar-refractivity contribution in [2.24, 2.45) is 0 Å². The monoisotopic (exact) mass is 465 g/mol. The first-order chi connectivity index (χ1) is 16.9. The molecule has 3 aromatic carbocycles. The third-order valence-electron chi connectivity index (χ3n) is 6.24. The molecule has 5 rings (SSSR count). The van der Waals surface area contributed by atoms with Crippen molar-refractivity contribution in [1.82, 2.24) is 15.5 Å². The Morgan fingerprint density at radius 1 is 0.971 bits per heavy atom. The molecule has 2 aromatic heterocycles. The first-order valence-corrected chi connectivity index (χ1v) is 11.6. The number of nitrogens with zero attached hydrogens (tertiary/aromatic N) is 2. The Bertz CT molecular complexity index is 1500. The summed E-state index contributed by atoms with van der Waals surface area (Å²) in [7, 11) is 0. The largest absolute Gasteiger partial charge is 0.436 e. The van der Waals surface area contributed by atoms with Gasteiger partial charge in [0.2, 0.25) is 11.8 Å². The molecule has 0 aliphatic rings. The Morgan fingerprint density at radius 3 is 2.49 bits per heavy atom. The highest BCUT2D eigenvalue weighted by Crippen LogP contribution is 2.30. The van der Waals surface area contributed by atoms with Gasteiger partial charge in [0.25, 0.3) is 0 Å². The number of aromatic nitrogens is 2. The molecule has 1 atom stereocenters. The SMILES string of the molecule is Cc1ccc(C(NC(=O)Cc2ccc3oc(-c4c(C)noc4C)nc3c2)c2ccccc2)c(C)c1. The summed E-state index contributed by atoms with van der Waals surface area (Å²) in [6.07, 6.45) is 0.234. The van der Waals surface area contributed by atoms with Gasteiger partial charge in [-0.15, -0.1) is 0 Å². The van der Waals surface area contributed by atoms with Crippen LogP contribution < -0.4 is 5.32 Å². The van der Waals surface area contributed by atoms with Gasteiger partial charge in [0.1, 0.15) is 16.8 Å². The maximum absolute atomic E-state index is 13.2. The molecule has 5 aromatic rings. The predicted molar refractivity (Wildman–Crippen MR) is 135 cm³/mol. The molecular weight excluding hydrogens is 438 g/mol. The van der Waals surface area contributed by atoms with E-state index in [9.17, 15) is 4.79 Å². The molecule has 35 heavy (non-hydrogen) atoms. The number of aryl methyl sites for hydroxylation is 4. The predicted octanol–water partition coefficient (Wildman–Crippen LogP) is 6.16. The summed E-state index contributed by atoms with van der Waals surface area (Å²) in [6.45, 7) is 7.85. The molecule has 0 saturated heterocycles. The number of oxazole rings is 1. The average Bonchev–Trinajstić information content (AvgIpc) is 3.40. The molecule has 0 bridgehead atoms. The molecular formula is C29H27N3O3. The fraction of sp³-hybridized carbons (Fsp3) is 0.207. The molecule has 176 valence electrons. The van der Waals surface area contributed by atoms with Crippen molar-refractivity contribution in [3.05, 3.63) is 106 Å². The van der Waals surface area contributed by atoms with E-state index in [2.05, 4.69) is 47.5 Å². The van der Waals surface area contributed by atoms with E-state index in [1.54, 1.807) is 0 Å². The molecule has 0 spiro atoms. The van der Waals surface area contributed by atoms with Crippen LogP contribution in [0.4, 0.5) is 0 Å². The van der Waals surface area contributed by atoms with Gasteiger partial charge in [0.15, 0.2) is 5.58 Å². The maximum atomic E-state index is 13.2. The van der Waals surface area contributed by atoms with Crippen LogP contribution >= 0.6 is 0 Å². The van der Waals surface area contributed by atoms with E-state index in [1.165, 1.54) is 5.56 Å². The molecule has 1 amide bonds. The summed E-state index contributed by atoms with van der Waals surface area (Å²) < 4.78 is 11.2. The van der Waals surface area contributed by atoms with Crippen LogP contribution in [0.15, 0.2) is 75.7 Å². The highest BCUT2D eigenvalue weighted by atomic mass is 16.5. The van der Waals surface area contributed by atoms with E-state index in [0.717, 1.165) is 33.5 Å². The van der Waals surface area contributed by atoms with Crippen LogP contribution in [0.1, 0.15) is 45.3 Å². The minimum absolute atomic E-state index is 0.0624. The Morgan fingerprint density at radius 2 is 1.77 bits per heavy atom. The summed E-state index contributed by atoms with van der Waals surface area (Å²) in [5.74, 6) is 1.07. The van der Waals surface area contributed by atoms with Crippen molar-refractivity contribution >= 4 is 17.0 Å². The first-order valence-electron chi connectivity index (χ1n) is 11.6. The smallest absolute Gasteiger partial charge is 0.232 e. The summed E-state index contributed by atoms with van der Waals surface area (Å²) in [6, 6.07) is 21.8. The number of hydrogen-bond acceptors (Lipinski definition) is 5. The highest BCUT2D eigenvalue weighted by Gasteiger charge is 2.20. The number of amides is 1. The summed E-state index contributed by atoms with van der Waals surface area (Å²) >= 11 is 0. The number of carbonyl (C=O) groups is 1. The standard InChI is InChI=1S/C29H27N3O3/c1-17-10-12-23(18(2)14-17)28(22-8-6-5-7-9-22)31-26(33)16-21-11-13-25-24(15-21)30-29(34-25)27-19(3)32-35-20(27)4/h5-15,28H,16H2,1-4H3,(H,31,33). The second kappa shape index (κ2) is 9.22. The van der Waals surface area contributed by atoms with Crippen molar-refractivity contribution < 1.29 is 13.7 Å². The fourth-order valence-corrected chi connectivity index (χ4v) is 4.51. The van der Waals surface area contributed by atoms with E-state index >= 15 is 0 Å². The number of fused-ring (bicyclic) bond motifs is 1. The molecule has 6 nitrogen and oxygen atoms in total. The lowest BCUT2D eigenvalue weighted by Gasteiger charge is -2.22. The fourth-order valence-electron chi connectivity index (χ4n) is 4.51. The van der Waals surface area contributed by atoms with Gasteiger partial charge >= 0.3 is 0 Å². The molecule has 6 heteroatoms. The average molecular weight is 466 g/mol. The van der Waals surface area contributed by atoms with Crippen LogP contribution in [-0.2, 0) is 11.2 Å². The van der Waals surface area contributed by atoms with Crippen LogP contribution in [0.2, 0.25) is 0 Å². The van der Waals surface area contributed by atoms with Gasteiger partial charge in [0.05, 0.1) is 18.2 Å². The minimum atomic E-state index is -0.230. The van der Waals surface area contributed by atoms with Gasteiger partial charge in [-0.1, -0.05) is 65.3 Å². The van der Waals surface area contributed by atoms with E-state index in [1.807, 2.05) is 62.4 Å². The number of hydrogen-bond donors (Lipinski definition) is 1. The van der Waals surface area contributed by atoms with Gasteiger partial charge in [-0.05, 0) is 62.1 Å². The van der Waals surface area contributed by atoms with Crippen molar-refractivity contribution in [1.29, 1.82) is 0 Å². The Balaban J connectivity index is 1.40. The highest BCUT2D eigenvalue weighted by molar-refractivity contribution is 5.83. The second-order valence-corrected chi connectivity index (χ2v) is 8.97. The molecule has 0 aliphatic heterocycles. The quantitative estimate of drug-likeness (QED) is 0.325. The molecule has 1 unspecified atom stereocenters. The molecule has 0 aliphatic carbocycles. The Labute approximate surface area is 204 Å². The van der Waals surface area contributed by atoms with E-state index in [0.29, 0.717) is 22.8 Å². The zero-order valence-corrected chi connectivity index (χ0v) is 20.3. The van der Waals surface area contributed by atoms with Crippen LogP contribution in [0, 0.1) is 27.7 Å². The van der Waals surface area contributed by atoms with Gasteiger partial charge in [0, 0.05) is 0 Å². The third-order valence-corrected chi connectivity index (χ3v) is 6.24. The van der Waals surface area contributed by atoms with E-state index < -0.39 is 0 Å². The maximum Gasteiger partial charge on any atom is 0.232 e. The number of benzene rings is 3. The van der Waals surface area contributed by atoms with Gasteiger partial charge in [-0.25, -0.2) is 4.98 Å². The minimum Gasteiger partial charge on any atom is -0.436 e. The zero-order valence-electron chi connectivity index (χ0n) is 20.3. The topological polar surface area (TPSA) is 81.2 Å². The van der Waals surface area contributed by atoms with E-state index in [-0.39, 0.29) is 18.4 Å². The van der Waals surface area contributed by atoms with Crippen molar-refractivity contribution in [3.63, 3.8) is 0 Å². The van der Waals surface area contributed by atoms with Crippen molar-refractivity contribution in [2.45, 2.75) is 40.2 Å². The van der Waals surface area contributed by atoms with Crippen LogP contribution in [-0.4, -0.2) is 16.0 Å². The van der Waals surface area contributed by atoms with Gasteiger partial charge in [-0.3, -0.25) is 4.79 Å². The first kappa shape index (κ1) is 22.6. The molecule has 0 radical (unpaired) electrons. The number of rotatable bonds is 6. The molecule has 0 fully saturated rings. The molecule has 1 N–H and O–H groups in total. The summed E-state index contributed by atoms with van der Waals surface area (Å²) in [5, 5.41) is 7.23. The molecule has 0 saturated carbocycles. The van der Waals surface area contributed by atoms with Gasteiger partial charge in [-0.2, -0.15) is 0 Å². The van der Waals surface area contributed by atoms with Gasteiger partial charge < -0.3 is 14.3 Å². The normalized spacial score (nSPS) is 12.1. The number of nitrogens with one attached hydrogen (secondary N) is 1. The number of carbonyl (C=O) groups excluding carboxylic acids is 1. The van der Waals surface area contributed by atoms with Crippen LogP contribution in [0.5, 0.6) is 0 Å². The van der Waals surface area contributed by atoms with Crippen molar-refractivity contribution in [3.8, 4) is 11.5 Å². The van der Waals surface area contributed by atoms with Crippen LogP contribution in [0.25, 0.3) is 22.6 Å². The zero-order chi connectivity index (χ0) is 24.5. The molecule has 2 heterocycles. The summed E-state index contributed by atoms with van der Waals surface area (Å²) in [4.78, 5) is 17.8. The Kier molecular flexibility index (Phi) is 5.95. The Hall–Kier alpha value is -4.19. The second-order valence-electron chi connectivity index (χ2n) is 8.97. The lowest BCUT2D eigenvalue weighted by Crippen LogP contribution is -2.31.